The van der Waals surface area contributed by atoms with Crippen LogP contribution in [0.15, 0.2) is 0 Å². The molecule has 7 heteroatoms. The monoisotopic (exact) mass is 354 g/mol. The van der Waals surface area contributed by atoms with E-state index in [4.69, 9.17) is 23.7 Å². The van der Waals surface area contributed by atoms with Gasteiger partial charge in [0.25, 0.3) is 0 Å². The Bertz CT molecular complexity index is 566. The van der Waals surface area contributed by atoms with E-state index in [1.165, 1.54) is 6.42 Å². The minimum absolute atomic E-state index is 0.427. The molecule has 0 amide bonds. The van der Waals surface area contributed by atoms with E-state index in [0.29, 0.717) is 6.42 Å². The zero-order valence-corrected chi connectivity index (χ0v) is 15.0. The molecule has 0 bridgehead atoms. The van der Waals surface area contributed by atoms with Crippen molar-refractivity contribution >= 4 is 11.9 Å². The average molecular weight is 354 g/mol. The lowest BCUT2D eigenvalue weighted by Gasteiger charge is -2.33. The van der Waals surface area contributed by atoms with Gasteiger partial charge in [0.15, 0.2) is 24.3 Å². The van der Waals surface area contributed by atoms with Gasteiger partial charge in [-0.15, -0.1) is 0 Å². The second-order valence-corrected chi connectivity index (χ2v) is 8.11. The number of rotatable bonds is 3. The Kier molecular flexibility index (Phi) is 4.09. The first-order valence-electron chi connectivity index (χ1n) is 9.28. The van der Waals surface area contributed by atoms with E-state index >= 15 is 0 Å². The third kappa shape index (κ3) is 2.76. The molecule has 0 unspecified atom stereocenters. The molecule has 4 fully saturated rings. The predicted molar refractivity (Wildman–Crippen MR) is 84.3 cm³/mol. The maximum Gasteiger partial charge on any atom is 0.350 e. The van der Waals surface area contributed by atoms with Crippen molar-refractivity contribution in [2.24, 2.45) is 5.41 Å². The van der Waals surface area contributed by atoms with Crippen LogP contribution in [0.5, 0.6) is 0 Å². The van der Waals surface area contributed by atoms with Crippen LogP contribution in [0.4, 0.5) is 0 Å². The highest BCUT2D eigenvalue weighted by atomic mass is 16.9. The van der Waals surface area contributed by atoms with Crippen LogP contribution in [0.2, 0.25) is 0 Å². The predicted octanol–water partition coefficient (Wildman–Crippen LogP) is 2.06. The van der Waals surface area contributed by atoms with Gasteiger partial charge in [0.1, 0.15) is 6.10 Å². The third-order valence-corrected chi connectivity index (χ3v) is 5.96. The Hall–Kier alpha value is -1.18. The minimum Gasteiger partial charge on any atom is -0.454 e. The molecule has 7 nitrogen and oxygen atoms in total. The number of ether oxygens (including phenoxy) is 5. The third-order valence-electron chi connectivity index (χ3n) is 5.96. The molecule has 1 aliphatic carbocycles. The molecule has 25 heavy (non-hydrogen) atoms. The molecule has 3 heterocycles. The van der Waals surface area contributed by atoms with Gasteiger partial charge in [-0.05, 0) is 33.1 Å². The van der Waals surface area contributed by atoms with E-state index < -0.39 is 53.8 Å². The second kappa shape index (κ2) is 5.93. The van der Waals surface area contributed by atoms with Gasteiger partial charge in [-0.25, -0.2) is 4.79 Å². The van der Waals surface area contributed by atoms with E-state index in [9.17, 15) is 9.59 Å². The zero-order chi connectivity index (χ0) is 17.8. The molecule has 4 rings (SSSR count). The van der Waals surface area contributed by atoms with Crippen LogP contribution in [0.1, 0.15) is 59.3 Å². The molecule has 3 aliphatic heterocycles. The summed E-state index contributed by atoms with van der Waals surface area (Å²) < 4.78 is 29.0. The molecule has 3 saturated heterocycles. The summed E-state index contributed by atoms with van der Waals surface area (Å²) in [5.41, 5.74) is -0.661. The SMILES string of the molecule is CCC(C)(C)C(=O)O[C@@H]1C(=O)O[C@@H]2[C@H]3OC4(CCCCC4)O[C@H]3O[C@@H]21. The highest BCUT2D eigenvalue weighted by Crippen LogP contribution is 2.48. The Labute approximate surface area is 147 Å². The van der Waals surface area contributed by atoms with Crippen LogP contribution in [0.25, 0.3) is 0 Å². The number of carbonyl (C=O) groups is 2. The molecule has 0 N–H and O–H groups in total. The van der Waals surface area contributed by atoms with Gasteiger partial charge in [0.05, 0.1) is 5.41 Å². The van der Waals surface area contributed by atoms with E-state index in [1.54, 1.807) is 13.8 Å². The normalized spacial score (nSPS) is 39.2. The summed E-state index contributed by atoms with van der Waals surface area (Å²) in [5, 5.41) is 0. The van der Waals surface area contributed by atoms with Crippen molar-refractivity contribution in [3.8, 4) is 0 Å². The number of carbonyl (C=O) groups excluding carboxylic acids is 2. The summed E-state index contributed by atoms with van der Waals surface area (Å²) in [5.74, 6) is -1.60. The maximum absolute atomic E-state index is 12.3. The Balaban J connectivity index is 1.45. The van der Waals surface area contributed by atoms with E-state index in [0.717, 1.165) is 25.7 Å². The lowest BCUT2D eigenvalue weighted by molar-refractivity contribution is -0.246. The number of esters is 2. The molecule has 0 aromatic carbocycles. The highest BCUT2D eigenvalue weighted by Gasteiger charge is 2.65. The van der Waals surface area contributed by atoms with Crippen molar-refractivity contribution in [1.29, 1.82) is 0 Å². The average Bonchev–Trinajstić information content (AvgIpc) is 3.17. The van der Waals surface area contributed by atoms with Crippen LogP contribution in [0, 0.1) is 5.41 Å². The van der Waals surface area contributed by atoms with Crippen LogP contribution in [-0.2, 0) is 33.3 Å². The summed E-state index contributed by atoms with van der Waals surface area (Å²) in [7, 11) is 0. The summed E-state index contributed by atoms with van der Waals surface area (Å²) in [6, 6.07) is 0. The summed E-state index contributed by atoms with van der Waals surface area (Å²) in [6.07, 6.45) is 2.25. The van der Waals surface area contributed by atoms with Gasteiger partial charge >= 0.3 is 11.9 Å². The summed E-state index contributed by atoms with van der Waals surface area (Å²) in [4.78, 5) is 24.5. The van der Waals surface area contributed by atoms with Gasteiger partial charge in [0.2, 0.25) is 6.10 Å². The van der Waals surface area contributed by atoms with Gasteiger partial charge < -0.3 is 23.7 Å². The standard InChI is InChI=1S/C18H26O7/c1-4-17(2,3)16(20)23-12-10-11(21-14(12)19)13-15(22-10)25-18(24-13)8-6-5-7-9-18/h10-13,15H,4-9H2,1-3H3/t10-,11-,12-,13+,15+/m0/s1. The molecule has 0 aromatic heterocycles. The smallest absolute Gasteiger partial charge is 0.350 e. The van der Waals surface area contributed by atoms with E-state index in [2.05, 4.69) is 0 Å². The van der Waals surface area contributed by atoms with Gasteiger partial charge in [-0.2, -0.15) is 0 Å². The molecule has 4 aliphatic rings. The topological polar surface area (TPSA) is 80.3 Å². The largest absolute Gasteiger partial charge is 0.454 e. The first-order valence-corrected chi connectivity index (χ1v) is 9.28. The Morgan fingerprint density at radius 1 is 1.16 bits per heavy atom. The molecule has 5 atom stereocenters. The number of fused-ring (bicyclic) bond motifs is 3. The minimum atomic E-state index is -1.05. The molecule has 1 spiro atoms. The summed E-state index contributed by atoms with van der Waals surface area (Å²) >= 11 is 0. The van der Waals surface area contributed by atoms with E-state index in [1.807, 2.05) is 6.92 Å². The fraction of sp³-hybridized carbons (Fsp3) is 0.889. The molecule has 1 saturated carbocycles. The fourth-order valence-corrected chi connectivity index (χ4v) is 3.93. The van der Waals surface area contributed by atoms with Crippen molar-refractivity contribution < 1.29 is 33.3 Å². The van der Waals surface area contributed by atoms with Crippen molar-refractivity contribution in [2.75, 3.05) is 0 Å². The maximum atomic E-state index is 12.3. The van der Waals surface area contributed by atoms with Crippen LogP contribution >= 0.6 is 0 Å². The number of hydrogen-bond donors (Lipinski definition) is 0. The fourth-order valence-electron chi connectivity index (χ4n) is 3.93. The number of hydrogen-bond acceptors (Lipinski definition) is 7. The van der Waals surface area contributed by atoms with Crippen molar-refractivity contribution in [1.82, 2.24) is 0 Å². The van der Waals surface area contributed by atoms with Gasteiger partial charge in [0, 0.05) is 12.8 Å². The molecule has 0 aromatic rings. The summed E-state index contributed by atoms with van der Waals surface area (Å²) in [6.45, 7) is 5.48. The van der Waals surface area contributed by atoms with Crippen LogP contribution < -0.4 is 0 Å². The van der Waals surface area contributed by atoms with Crippen molar-refractivity contribution in [3.63, 3.8) is 0 Å². The van der Waals surface area contributed by atoms with Gasteiger partial charge in [-0.3, -0.25) is 4.79 Å². The Morgan fingerprint density at radius 3 is 2.56 bits per heavy atom. The highest BCUT2D eigenvalue weighted by molar-refractivity contribution is 5.84. The first-order chi connectivity index (χ1) is 11.9. The lowest BCUT2D eigenvalue weighted by atomic mass is 9.90. The quantitative estimate of drug-likeness (QED) is 0.718. The molecule has 0 radical (unpaired) electrons. The Morgan fingerprint density at radius 2 is 1.88 bits per heavy atom. The van der Waals surface area contributed by atoms with Crippen LogP contribution in [0.3, 0.4) is 0 Å². The molecular formula is C18H26O7. The first kappa shape index (κ1) is 17.2. The van der Waals surface area contributed by atoms with E-state index in [-0.39, 0.29) is 0 Å². The van der Waals surface area contributed by atoms with Crippen molar-refractivity contribution in [2.45, 2.75) is 95.8 Å². The molecule has 140 valence electrons. The molecular weight excluding hydrogens is 328 g/mol. The van der Waals surface area contributed by atoms with Gasteiger partial charge in [-0.1, -0.05) is 13.3 Å². The van der Waals surface area contributed by atoms with Crippen LogP contribution in [-0.4, -0.2) is 48.4 Å². The van der Waals surface area contributed by atoms with Crippen molar-refractivity contribution in [3.05, 3.63) is 0 Å². The zero-order valence-electron chi connectivity index (χ0n) is 15.0. The second-order valence-electron chi connectivity index (χ2n) is 8.11. The lowest BCUT2D eigenvalue weighted by Crippen LogP contribution is -2.41.